The van der Waals surface area contributed by atoms with Crippen molar-refractivity contribution in [3.8, 4) is 0 Å². The molecule has 1 N–H and O–H groups in total. The van der Waals surface area contributed by atoms with Gasteiger partial charge in [-0.15, -0.1) is 5.10 Å². The van der Waals surface area contributed by atoms with Crippen LogP contribution in [0.15, 0.2) is 23.4 Å². The van der Waals surface area contributed by atoms with Crippen LogP contribution in [-0.4, -0.2) is 31.4 Å². The maximum atomic E-state index is 12.4. The Morgan fingerprint density at radius 1 is 1.38 bits per heavy atom. The Morgan fingerprint density at radius 3 is 2.79 bits per heavy atom. The van der Waals surface area contributed by atoms with E-state index in [0.717, 1.165) is 18.4 Å². The first kappa shape index (κ1) is 17.5. The average molecular weight is 386 g/mol. The second-order valence-electron chi connectivity index (χ2n) is 5.79. The van der Waals surface area contributed by atoms with E-state index in [1.807, 2.05) is 19.9 Å². The van der Waals surface area contributed by atoms with Gasteiger partial charge in [0.15, 0.2) is 0 Å². The number of benzene rings is 1. The van der Waals surface area contributed by atoms with Crippen molar-refractivity contribution in [2.75, 3.05) is 0 Å². The second kappa shape index (κ2) is 7.29. The molecular formula is C15H17Cl2N5OS. The molecule has 3 rings (SSSR count). The summed E-state index contributed by atoms with van der Waals surface area (Å²) in [6.07, 6.45) is 2.18. The third-order valence-corrected chi connectivity index (χ3v) is 5.40. The monoisotopic (exact) mass is 385 g/mol. The highest BCUT2D eigenvalue weighted by Crippen LogP contribution is 2.37. The molecule has 9 heteroatoms. The third-order valence-electron chi connectivity index (χ3n) is 3.79. The summed E-state index contributed by atoms with van der Waals surface area (Å²) in [6.45, 7) is 3.72. The molecular weight excluding hydrogens is 369 g/mol. The molecule has 0 aliphatic heterocycles. The number of nitrogens with one attached hydrogen (secondary N) is 1. The molecule has 1 saturated carbocycles. The lowest BCUT2D eigenvalue weighted by Crippen LogP contribution is -2.33. The Balaban J connectivity index is 1.62. The minimum atomic E-state index is -0.318. The lowest BCUT2D eigenvalue weighted by Gasteiger charge is -2.18. The normalized spacial score (nSPS) is 16.7. The first-order valence-electron chi connectivity index (χ1n) is 7.65. The van der Waals surface area contributed by atoms with Crippen molar-refractivity contribution < 1.29 is 4.79 Å². The molecule has 1 aliphatic carbocycles. The molecule has 2 atom stereocenters. The fourth-order valence-electron chi connectivity index (χ4n) is 2.28. The van der Waals surface area contributed by atoms with E-state index in [4.69, 9.17) is 23.2 Å². The number of carbonyl (C=O) groups excluding carboxylic acids is 1. The van der Waals surface area contributed by atoms with E-state index in [9.17, 15) is 4.79 Å². The minimum Gasteiger partial charge on any atom is -0.349 e. The molecule has 1 aromatic heterocycles. The van der Waals surface area contributed by atoms with Gasteiger partial charge in [0.1, 0.15) is 0 Å². The number of rotatable bonds is 6. The van der Waals surface area contributed by atoms with Crippen LogP contribution in [0.25, 0.3) is 0 Å². The molecule has 1 amide bonds. The molecule has 1 aliphatic rings. The first-order valence-corrected chi connectivity index (χ1v) is 9.29. The number of thioether (sulfide) groups is 1. The van der Waals surface area contributed by atoms with E-state index in [1.54, 1.807) is 16.8 Å². The molecule has 24 heavy (non-hydrogen) atoms. The Kier molecular flexibility index (Phi) is 5.32. The summed E-state index contributed by atoms with van der Waals surface area (Å²) in [6, 6.07) is 5.41. The third kappa shape index (κ3) is 4.02. The maximum Gasteiger partial charge on any atom is 0.233 e. The van der Waals surface area contributed by atoms with Gasteiger partial charge in [0.25, 0.3) is 0 Å². The van der Waals surface area contributed by atoms with Crippen LogP contribution in [0.5, 0.6) is 0 Å². The van der Waals surface area contributed by atoms with Crippen LogP contribution >= 0.6 is 35.0 Å². The molecule has 0 bridgehead atoms. The van der Waals surface area contributed by atoms with Gasteiger partial charge < -0.3 is 5.32 Å². The van der Waals surface area contributed by atoms with Crippen molar-refractivity contribution in [2.45, 2.75) is 49.2 Å². The Hall–Kier alpha value is -1.31. The number of halogens is 2. The highest BCUT2D eigenvalue weighted by atomic mass is 35.5. The number of tetrazole rings is 1. The van der Waals surface area contributed by atoms with Gasteiger partial charge in [-0.2, -0.15) is 0 Å². The second-order valence-corrected chi connectivity index (χ2v) is 7.94. The first-order chi connectivity index (χ1) is 11.5. The number of aromatic nitrogens is 4. The van der Waals surface area contributed by atoms with Crippen LogP contribution in [-0.2, 0) is 4.79 Å². The molecule has 6 nitrogen and oxygen atoms in total. The van der Waals surface area contributed by atoms with Gasteiger partial charge in [-0.1, -0.05) is 41.0 Å². The number of hydrogen-bond acceptors (Lipinski definition) is 5. The average Bonchev–Trinajstić information content (AvgIpc) is 3.27. The van der Waals surface area contributed by atoms with Gasteiger partial charge >= 0.3 is 0 Å². The predicted molar refractivity (Wildman–Crippen MR) is 94.4 cm³/mol. The van der Waals surface area contributed by atoms with Crippen LogP contribution in [0.3, 0.4) is 0 Å². The zero-order valence-electron chi connectivity index (χ0n) is 13.2. The standard InChI is InChI=1S/C15H17Cl2N5OS/c1-8(12-6-3-10(16)7-13(12)17)18-14(23)9(2)24-15-19-20-21-22(15)11-4-5-11/h3,6-9,11H,4-5H2,1-2H3,(H,18,23)/t8-,9-/m0/s1. The van der Waals surface area contributed by atoms with Crippen molar-refractivity contribution in [3.05, 3.63) is 33.8 Å². The summed E-state index contributed by atoms with van der Waals surface area (Å²) in [5.41, 5.74) is 0.828. The predicted octanol–water partition coefficient (Wildman–Crippen LogP) is 3.67. The maximum absolute atomic E-state index is 12.4. The summed E-state index contributed by atoms with van der Waals surface area (Å²) < 4.78 is 1.80. The van der Waals surface area contributed by atoms with Crippen molar-refractivity contribution in [1.82, 2.24) is 25.5 Å². The van der Waals surface area contributed by atoms with E-state index >= 15 is 0 Å². The molecule has 0 saturated heterocycles. The van der Waals surface area contributed by atoms with Gasteiger partial charge in [-0.25, -0.2) is 4.68 Å². The Morgan fingerprint density at radius 2 is 2.12 bits per heavy atom. The summed E-state index contributed by atoms with van der Waals surface area (Å²) in [7, 11) is 0. The molecule has 128 valence electrons. The topological polar surface area (TPSA) is 72.7 Å². The Labute approximate surface area is 154 Å². The van der Waals surface area contributed by atoms with Gasteiger partial charge in [0.2, 0.25) is 11.1 Å². The minimum absolute atomic E-state index is 0.0936. The number of carbonyl (C=O) groups is 1. The van der Waals surface area contributed by atoms with E-state index in [2.05, 4.69) is 20.8 Å². The summed E-state index contributed by atoms with van der Waals surface area (Å²) in [5, 5.41) is 16.1. The van der Waals surface area contributed by atoms with Crippen LogP contribution in [0.1, 0.15) is 44.3 Å². The highest BCUT2D eigenvalue weighted by Gasteiger charge is 2.29. The molecule has 1 aromatic carbocycles. The number of nitrogens with zero attached hydrogens (tertiary/aromatic N) is 4. The molecule has 2 aromatic rings. The van der Waals surface area contributed by atoms with Crippen LogP contribution in [0.4, 0.5) is 0 Å². The van der Waals surface area contributed by atoms with Crippen molar-refractivity contribution in [3.63, 3.8) is 0 Å². The van der Waals surface area contributed by atoms with Crippen molar-refractivity contribution >= 4 is 40.9 Å². The zero-order chi connectivity index (χ0) is 17.3. The highest BCUT2D eigenvalue weighted by molar-refractivity contribution is 8.00. The summed E-state index contributed by atoms with van der Waals surface area (Å²) >= 11 is 13.5. The lowest BCUT2D eigenvalue weighted by molar-refractivity contribution is -0.120. The summed E-state index contributed by atoms with van der Waals surface area (Å²) in [4.78, 5) is 12.4. The molecule has 0 unspecified atom stereocenters. The van der Waals surface area contributed by atoms with Crippen molar-refractivity contribution in [1.29, 1.82) is 0 Å². The van der Waals surface area contributed by atoms with E-state index < -0.39 is 0 Å². The van der Waals surface area contributed by atoms with Crippen LogP contribution in [0, 0.1) is 0 Å². The zero-order valence-corrected chi connectivity index (χ0v) is 15.6. The van der Waals surface area contributed by atoms with Crippen LogP contribution < -0.4 is 5.32 Å². The molecule has 0 radical (unpaired) electrons. The quantitative estimate of drug-likeness (QED) is 0.767. The lowest BCUT2D eigenvalue weighted by atomic mass is 10.1. The Bertz CT molecular complexity index is 749. The van der Waals surface area contributed by atoms with Gasteiger partial charge in [0.05, 0.1) is 17.3 Å². The fraction of sp³-hybridized carbons (Fsp3) is 0.467. The van der Waals surface area contributed by atoms with Gasteiger partial charge in [-0.05, 0) is 54.8 Å². The molecule has 1 fully saturated rings. The van der Waals surface area contributed by atoms with Gasteiger partial charge in [0, 0.05) is 10.0 Å². The van der Waals surface area contributed by atoms with E-state index in [0.29, 0.717) is 21.2 Å². The largest absolute Gasteiger partial charge is 0.349 e. The van der Waals surface area contributed by atoms with E-state index in [1.165, 1.54) is 11.8 Å². The molecule has 0 spiro atoms. The smallest absolute Gasteiger partial charge is 0.233 e. The molecule has 1 heterocycles. The van der Waals surface area contributed by atoms with E-state index in [-0.39, 0.29) is 17.2 Å². The summed E-state index contributed by atoms with van der Waals surface area (Å²) in [5.74, 6) is -0.0936. The van der Waals surface area contributed by atoms with Gasteiger partial charge in [-0.3, -0.25) is 4.79 Å². The fourth-order valence-corrected chi connectivity index (χ4v) is 3.72. The SMILES string of the molecule is C[C@H](Sc1nnnn1C1CC1)C(=O)N[C@@H](C)c1ccc(Cl)cc1Cl. The number of amides is 1. The van der Waals surface area contributed by atoms with Crippen molar-refractivity contribution in [2.24, 2.45) is 0 Å². The number of hydrogen-bond donors (Lipinski definition) is 1. The van der Waals surface area contributed by atoms with Crippen LogP contribution in [0.2, 0.25) is 10.0 Å².